The summed E-state index contributed by atoms with van der Waals surface area (Å²) >= 11 is 0. The van der Waals surface area contributed by atoms with Crippen LogP contribution in [-0.2, 0) is 6.61 Å². The molecule has 0 spiro atoms. The number of hydrogen-bond acceptors (Lipinski definition) is 6. The fourth-order valence-corrected chi connectivity index (χ4v) is 3.00. The van der Waals surface area contributed by atoms with Crippen LogP contribution in [0.4, 0.5) is 10.5 Å². The number of rotatable bonds is 8. The number of nitrogens with zero attached hydrogens (tertiary/aromatic N) is 1. The summed E-state index contributed by atoms with van der Waals surface area (Å²) in [7, 11) is 0. The lowest BCUT2D eigenvalue weighted by Gasteiger charge is -2.17. The summed E-state index contributed by atoms with van der Waals surface area (Å²) in [4.78, 5) is 16.3. The molecule has 2 aromatic carbocycles. The van der Waals surface area contributed by atoms with E-state index in [4.69, 9.17) is 15.3 Å². The third-order valence-corrected chi connectivity index (χ3v) is 4.37. The van der Waals surface area contributed by atoms with Gasteiger partial charge in [-0.1, -0.05) is 12.1 Å². The van der Waals surface area contributed by atoms with Crippen LogP contribution in [0.15, 0.2) is 60.8 Å². The Morgan fingerprint density at radius 2 is 1.93 bits per heavy atom. The first-order valence-electron chi connectivity index (χ1n) is 9.54. The molecule has 0 aliphatic heterocycles. The van der Waals surface area contributed by atoms with E-state index in [9.17, 15) is 4.79 Å². The van der Waals surface area contributed by atoms with Crippen molar-refractivity contribution in [3.05, 3.63) is 71.9 Å². The second-order valence-corrected chi connectivity index (χ2v) is 6.42. The molecule has 0 saturated carbocycles. The molecular weight excluding hydrogens is 382 g/mol. The predicted molar refractivity (Wildman–Crippen MR) is 116 cm³/mol. The van der Waals surface area contributed by atoms with Crippen LogP contribution in [-0.4, -0.2) is 17.6 Å². The van der Waals surface area contributed by atoms with Crippen LogP contribution >= 0.6 is 0 Å². The van der Waals surface area contributed by atoms with E-state index in [1.54, 1.807) is 18.3 Å². The molecule has 156 valence electrons. The van der Waals surface area contributed by atoms with Crippen LogP contribution in [0, 0.1) is 6.92 Å². The molecular formula is C22H25N5O3. The monoisotopic (exact) mass is 407 g/mol. The largest absolute Gasteiger partial charge is 0.493 e. The zero-order chi connectivity index (χ0) is 21.3. The average Bonchev–Trinajstić information content (AvgIpc) is 2.75. The normalized spacial score (nSPS) is 10.4. The van der Waals surface area contributed by atoms with Crippen LogP contribution < -0.4 is 31.6 Å². The SMILES string of the molecule is CCOc1cccc(NC(=O)NNN)c1COc1ccc(-c2ccccn2)cc1C. The molecule has 0 fully saturated rings. The van der Waals surface area contributed by atoms with Crippen LogP contribution in [0.3, 0.4) is 0 Å². The number of carbonyl (C=O) groups excluding carboxylic acids is 1. The Morgan fingerprint density at radius 3 is 2.63 bits per heavy atom. The number of nitrogens with one attached hydrogen (secondary N) is 3. The lowest BCUT2D eigenvalue weighted by Crippen LogP contribution is -2.44. The minimum atomic E-state index is -0.497. The molecule has 3 rings (SSSR count). The van der Waals surface area contributed by atoms with Gasteiger partial charge < -0.3 is 14.8 Å². The van der Waals surface area contributed by atoms with Gasteiger partial charge in [-0.05, 0) is 61.9 Å². The van der Waals surface area contributed by atoms with E-state index >= 15 is 0 Å². The molecule has 0 aliphatic carbocycles. The van der Waals surface area contributed by atoms with Gasteiger partial charge in [-0.25, -0.2) is 4.79 Å². The maximum absolute atomic E-state index is 11.9. The van der Waals surface area contributed by atoms with E-state index in [1.807, 2.05) is 56.3 Å². The third-order valence-electron chi connectivity index (χ3n) is 4.37. The van der Waals surface area contributed by atoms with Crippen LogP contribution in [0.25, 0.3) is 11.3 Å². The predicted octanol–water partition coefficient (Wildman–Crippen LogP) is 3.53. The Hall–Kier alpha value is -3.62. The summed E-state index contributed by atoms with van der Waals surface area (Å²) in [6.45, 7) is 4.59. The number of aromatic nitrogens is 1. The maximum Gasteiger partial charge on any atom is 0.334 e. The number of hydrogen-bond donors (Lipinski definition) is 4. The van der Waals surface area contributed by atoms with Gasteiger partial charge in [-0.15, -0.1) is 0 Å². The number of pyridine rings is 1. The first kappa shape index (κ1) is 21.1. The van der Waals surface area contributed by atoms with E-state index < -0.39 is 6.03 Å². The Balaban J connectivity index is 1.81. The first-order valence-corrected chi connectivity index (χ1v) is 9.54. The van der Waals surface area contributed by atoms with E-state index in [-0.39, 0.29) is 6.61 Å². The van der Waals surface area contributed by atoms with Crippen LogP contribution in [0.2, 0.25) is 0 Å². The van der Waals surface area contributed by atoms with Gasteiger partial charge in [-0.2, -0.15) is 5.53 Å². The van der Waals surface area contributed by atoms with Crippen LogP contribution in [0.5, 0.6) is 11.5 Å². The Kier molecular flexibility index (Phi) is 7.20. The number of ether oxygens (including phenoxy) is 2. The Labute approximate surface area is 175 Å². The number of hydrazine groups is 2. The van der Waals surface area contributed by atoms with Crippen molar-refractivity contribution in [1.82, 2.24) is 15.9 Å². The second-order valence-electron chi connectivity index (χ2n) is 6.42. The number of amides is 2. The summed E-state index contributed by atoms with van der Waals surface area (Å²) in [5.74, 6) is 6.50. The van der Waals surface area contributed by atoms with Crippen molar-refractivity contribution in [1.29, 1.82) is 0 Å². The van der Waals surface area contributed by atoms with Gasteiger partial charge in [-0.3, -0.25) is 16.3 Å². The van der Waals surface area contributed by atoms with Crippen molar-refractivity contribution in [2.45, 2.75) is 20.5 Å². The highest BCUT2D eigenvalue weighted by Gasteiger charge is 2.14. The van der Waals surface area contributed by atoms with Gasteiger partial charge in [0.25, 0.3) is 0 Å². The highest BCUT2D eigenvalue weighted by molar-refractivity contribution is 5.90. The van der Waals surface area contributed by atoms with Gasteiger partial charge in [0.05, 0.1) is 23.6 Å². The maximum atomic E-state index is 11.9. The Bertz CT molecular complexity index is 995. The first-order chi connectivity index (χ1) is 14.6. The molecule has 30 heavy (non-hydrogen) atoms. The number of anilines is 1. The number of aryl methyl sites for hydroxylation is 1. The highest BCUT2D eigenvalue weighted by Crippen LogP contribution is 2.30. The molecule has 0 aliphatic rings. The van der Waals surface area contributed by atoms with Crippen molar-refractivity contribution in [3.8, 4) is 22.8 Å². The standard InChI is InChI=1S/C22H25N5O3/c1-3-29-21-9-6-8-19(25-22(28)26-27-23)17(21)14-30-20-11-10-16(13-15(20)2)18-7-4-5-12-24-18/h4-13,27H,3,14,23H2,1-2H3,(H2,25,26,28). The van der Waals surface area contributed by atoms with E-state index in [2.05, 4.69) is 21.3 Å². The van der Waals surface area contributed by atoms with Crippen molar-refractivity contribution in [2.24, 2.45) is 5.84 Å². The Morgan fingerprint density at radius 1 is 1.07 bits per heavy atom. The molecule has 0 atom stereocenters. The van der Waals surface area contributed by atoms with Gasteiger partial charge in [0.1, 0.15) is 18.1 Å². The van der Waals surface area contributed by atoms with Crippen LogP contribution in [0.1, 0.15) is 18.1 Å². The quantitative estimate of drug-likeness (QED) is 0.336. The molecule has 1 heterocycles. The summed E-state index contributed by atoms with van der Waals surface area (Å²) in [5, 5.41) is 2.73. The molecule has 1 aromatic heterocycles. The van der Waals surface area contributed by atoms with Crippen molar-refractivity contribution in [2.75, 3.05) is 11.9 Å². The lowest BCUT2D eigenvalue weighted by molar-refractivity contribution is 0.248. The molecule has 0 bridgehead atoms. The van der Waals surface area contributed by atoms with Crippen molar-refractivity contribution >= 4 is 11.7 Å². The average molecular weight is 407 g/mol. The smallest absolute Gasteiger partial charge is 0.334 e. The van der Waals surface area contributed by atoms with E-state index in [1.165, 1.54) is 0 Å². The molecule has 0 saturated heterocycles. The molecule has 0 radical (unpaired) electrons. The minimum Gasteiger partial charge on any atom is -0.493 e. The minimum absolute atomic E-state index is 0.214. The molecule has 8 nitrogen and oxygen atoms in total. The molecule has 2 amide bonds. The van der Waals surface area contributed by atoms with Gasteiger partial charge in [0.15, 0.2) is 0 Å². The van der Waals surface area contributed by atoms with Crippen molar-refractivity contribution in [3.63, 3.8) is 0 Å². The number of urea groups is 1. The molecule has 8 heteroatoms. The summed E-state index contributed by atoms with van der Waals surface area (Å²) in [5.41, 5.74) is 8.56. The summed E-state index contributed by atoms with van der Waals surface area (Å²) in [6, 6.07) is 16.6. The van der Waals surface area contributed by atoms with E-state index in [0.29, 0.717) is 18.0 Å². The number of nitrogens with two attached hydrogens (primary N) is 1. The fraction of sp³-hybridized carbons (Fsp3) is 0.182. The highest BCUT2D eigenvalue weighted by atomic mass is 16.5. The van der Waals surface area contributed by atoms with E-state index in [0.717, 1.165) is 28.1 Å². The topological polar surface area (TPSA) is 111 Å². The fourth-order valence-electron chi connectivity index (χ4n) is 3.00. The second kappa shape index (κ2) is 10.2. The molecule has 0 unspecified atom stereocenters. The molecule has 5 N–H and O–H groups in total. The van der Waals surface area contributed by atoms with Gasteiger partial charge in [0.2, 0.25) is 0 Å². The lowest BCUT2D eigenvalue weighted by atomic mass is 10.1. The summed E-state index contributed by atoms with van der Waals surface area (Å²) in [6.07, 6.45) is 1.77. The zero-order valence-corrected chi connectivity index (χ0v) is 16.9. The molecule has 3 aromatic rings. The van der Waals surface area contributed by atoms with Crippen molar-refractivity contribution < 1.29 is 14.3 Å². The number of carbonyl (C=O) groups is 1. The number of benzene rings is 2. The third kappa shape index (κ3) is 5.25. The summed E-state index contributed by atoms with van der Waals surface area (Å²) < 4.78 is 11.8. The van der Waals surface area contributed by atoms with Gasteiger partial charge >= 0.3 is 6.03 Å². The zero-order valence-electron chi connectivity index (χ0n) is 16.9. The van der Waals surface area contributed by atoms with Gasteiger partial charge in [0, 0.05) is 11.8 Å².